The number of carbonyl (C=O) groups is 1. The first-order valence-corrected chi connectivity index (χ1v) is 7.65. The molecule has 3 N–H and O–H groups in total. The lowest BCUT2D eigenvalue weighted by Gasteiger charge is -2.25. The first-order chi connectivity index (χ1) is 10.8. The molecule has 0 aliphatic rings. The van der Waals surface area contributed by atoms with Gasteiger partial charge in [-0.1, -0.05) is 23.7 Å². The summed E-state index contributed by atoms with van der Waals surface area (Å²) in [7, 11) is 1.54. The number of nitrogens with two attached hydrogens (primary N) is 1. The molecule has 0 heterocycles. The van der Waals surface area contributed by atoms with Crippen molar-refractivity contribution in [3.8, 4) is 5.75 Å². The molecule has 0 fully saturated rings. The highest BCUT2D eigenvalue weighted by Crippen LogP contribution is 2.33. The molecule has 2 aromatic carbocycles. The van der Waals surface area contributed by atoms with Crippen LogP contribution in [0.15, 0.2) is 36.4 Å². The van der Waals surface area contributed by atoms with E-state index < -0.39 is 5.41 Å². The molecule has 0 saturated heterocycles. The second-order valence-electron chi connectivity index (χ2n) is 6.00. The Bertz CT molecular complexity index is 725. The number of halogens is 1. The van der Waals surface area contributed by atoms with Crippen LogP contribution in [0.4, 0.5) is 11.4 Å². The van der Waals surface area contributed by atoms with Gasteiger partial charge in [-0.3, -0.25) is 4.79 Å². The van der Waals surface area contributed by atoms with Crippen LogP contribution in [0.25, 0.3) is 0 Å². The van der Waals surface area contributed by atoms with Gasteiger partial charge in [0.25, 0.3) is 0 Å². The topological polar surface area (TPSA) is 64.3 Å². The lowest BCUT2D eigenvalue weighted by atomic mass is 9.83. The second-order valence-corrected chi connectivity index (χ2v) is 6.41. The van der Waals surface area contributed by atoms with Crippen LogP contribution in [-0.4, -0.2) is 13.0 Å². The molecule has 2 aromatic rings. The molecular weight excluding hydrogens is 312 g/mol. The molecule has 0 saturated carbocycles. The van der Waals surface area contributed by atoms with Crippen molar-refractivity contribution < 1.29 is 9.53 Å². The molecule has 4 nitrogen and oxygen atoms in total. The summed E-state index contributed by atoms with van der Waals surface area (Å²) in [5.41, 5.74) is 8.01. The molecule has 0 radical (unpaired) electrons. The van der Waals surface area contributed by atoms with Crippen LogP contribution in [0.2, 0.25) is 5.02 Å². The van der Waals surface area contributed by atoms with Gasteiger partial charge in [0, 0.05) is 16.8 Å². The normalized spacial score (nSPS) is 11.2. The minimum Gasteiger partial charge on any atom is -0.495 e. The van der Waals surface area contributed by atoms with Gasteiger partial charge in [-0.15, -0.1) is 0 Å². The first-order valence-electron chi connectivity index (χ1n) is 7.27. The van der Waals surface area contributed by atoms with Gasteiger partial charge in [-0.25, -0.2) is 0 Å². The number of nitrogens with one attached hydrogen (secondary N) is 1. The largest absolute Gasteiger partial charge is 0.495 e. The highest BCUT2D eigenvalue weighted by Gasteiger charge is 2.30. The first kappa shape index (κ1) is 17.2. The fraction of sp³-hybridized carbons (Fsp3) is 0.278. The highest BCUT2D eigenvalue weighted by molar-refractivity contribution is 6.31. The third-order valence-corrected chi connectivity index (χ3v) is 4.34. The minimum absolute atomic E-state index is 0.137. The number of methoxy groups -OCH3 is 1. The standard InChI is InChI=1S/C18H21ClN2O2/c1-11-9-15(16(23-4)10-14(11)19)21-17(22)18(2,3)12-5-7-13(20)8-6-12/h5-10H,20H2,1-4H3,(H,21,22). The number of hydrogen-bond acceptors (Lipinski definition) is 3. The Kier molecular flexibility index (Phi) is 4.85. The number of ether oxygens (including phenoxy) is 1. The molecule has 0 aromatic heterocycles. The number of rotatable bonds is 4. The van der Waals surface area contributed by atoms with Crippen molar-refractivity contribution in [2.75, 3.05) is 18.2 Å². The third kappa shape index (κ3) is 3.59. The number of carbonyl (C=O) groups excluding carboxylic acids is 1. The van der Waals surface area contributed by atoms with E-state index in [2.05, 4.69) is 5.32 Å². The summed E-state index contributed by atoms with van der Waals surface area (Å²) >= 11 is 6.10. The molecule has 2 rings (SSSR count). The zero-order valence-electron chi connectivity index (χ0n) is 13.7. The molecule has 0 aliphatic heterocycles. The Balaban J connectivity index is 2.31. The van der Waals surface area contributed by atoms with Crippen molar-refractivity contribution in [1.29, 1.82) is 0 Å². The van der Waals surface area contributed by atoms with Gasteiger partial charge in [-0.05, 0) is 50.1 Å². The average Bonchev–Trinajstić information content (AvgIpc) is 2.51. The molecule has 1 amide bonds. The monoisotopic (exact) mass is 332 g/mol. The average molecular weight is 333 g/mol. The Morgan fingerprint density at radius 3 is 2.39 bits per heavy atom. The number of anilines is 2. The maximum Gasteiger partial charge on any atom is 0.234 e. The molecule has 122 valence electrons. The van der Waals surface area contributed by atoms with Crippen molar-refractivity contribution >= 4 is 28.9 Å². The minimum atomic E-state index is -0.716. The van der Waals surface area contributed by atoms with E-state index >= 15 is 0 Å². The molecule has 0 unspecified atom stereocenters. The summed E-state index contributed by atoms with van der Waals surface area (Å²) in [6.45, 7) is 5.61. The summed E-state index contributed by atoms with van der Waals surface area (Å²) in [5.74, 6) is 0.393. The Morgan fingerprint density at radius 2 is 1.83 bits per heavy atom. The molecule has 5 heteroatoms. The Hall–Kier alpha value is -2.20. The number of nitrogen functional groups attached to an aromatic ring is 1. The van der Waals surface area contributed by atoms with Gasteiger partial charge < -0.3 is 15.8 Å². The van der Waals surface area contributed by atoms with E-state index in [0.29, 0.717) is 22.1 Å². The summed E-state index contributed by atoms with van der Waals surface area (Å²) in [4.78, 5) is 12.8. The number of aryl methyl sites for hydroxylation is 1. The number of amides is 1. The SMILES string of the molecule is COc1cc(Cl)c(C)cc1NC(=O)C(C)(C)c1ccc(N)cc1. The van der Waals surface area contributed by atoms with E-state index in [-0.39, 0.29) is 5.91 Å². The molecule has 0 aliphatic carbocycles. The van der Waals surface area contributed by atoms with E-state index in [9.17, 15) is 4.79 Å². The zero-order chi connectivity index (χ0) is 17.2. The molecule has 0 bridgehead atoms. The predicted octanol–water partition coefficient (Wildman–Crippen LogP) is 4.16. The fourth-order valence-corrected chi connectivity index (χ4v) is 2.39. The van der Waals surface area contributed by atoms with Gasteiger partial charge in [-0.2, -0.15) is 0 Å². The van der Waals surface area contributed by atoms with Gasteiger partial charge in [0.05, 0.1) is 18.2 Å². The van der Waals surface area contributed by atoms with Crippen LogP contribution in [0.3, 0.4) is 0 Å². The van der Waals surface area contributed by atoms with Gasteiger partial charge in [0.15, 0.2) is 0 Å². The third-order valence-electron chi connectivity index (χ3n) is 3.93. The zero-order valence-corrected chi connectivity index (χ0v) is 14.5. The van der Waals surface area contributed by atoms with Gasteiger partial charge in [0.2, 0.25) is 5.91 Å². The maximum atomic E-state index is 12.8. The van der Waals surface area contributed by atoms with Crippen LogP contribution in [0.5, 0.6) is 5.75 Å². The van der Waals surface area contributed by atoms with E-state index in [1.807, 2.05) is 32.9 Å². The molecular formula is C18H21ClN2O2. The van der Waals surface area contributed by atoms with E-state index in [1.54, 1.807) is 31.4 Å². The van der Waals surface area contributed by atoms with Crippen LogP contribution in [0.1, 0.15) is 25.0 Å². The van der Waals surface area contributed by atoms with E-state index in [1.165, 1.54) is 0 Å². The van der Waals surface area contributed by atoms with Crippen molar-refractivity contribution in [1.82, 2.24) is 0 Å². The Morgan fingerprint density at radius 1 is 1.22 bits per heavy atom. The van der Waals surface area contributed by atoms with Crippen LogP contribution in [-0.2, 0) is 10.2 Å². The van der Waals surface area contributed by atoms with E-state index in [0.717, 1.165) is 11.1 Å². The maximum absolute atomic E-state index is 12.8. The smallest absolute Gasteiger partial charge is 0.234 e. The van der Waals surface area contributed by atoms with Crippen LogP contribution >= 0.6 is 11.6 Å². The molecule has 23 heavy (non-hydrogen) atoms. The molecule has 0 spiro atoms. The predicted molar refractivity (Wildman–Crippen MR) is 95.3 cm³/mol. The fourth-order valence-electron chi connectivity index (χ4n) is 2.24. The Labute approximate surface area is 141 Å². The van der Waals surface area contributed by atoms with Crippen LogP contribution in [0, 0.1) is 6.92 Å². The van der Waals surface area contributed by atoms with Gasteiger partial charge in [0.1, 0.15) is 5.75 Å². The van der Waals surface area contributed by atoms with Crippen molar-refractivity contribution in [3.05, 3.63) is 52.5 Å². The highest BCUT2D eigenvalue weighted by atomic mass is 35.5. The second kappa shape index (κ2) is 6.50. The summed E-state index contributed by atoms with van der Waals surface area (Å²) < 4.78 is 5.30. The summed E-state index contributed by atoms with van der Waals surface area (Å²) in [5, 5.41) is 3.52. The van der Waals surface area contributed by atoms with Gasteiger partial charge >= 0.3 is 0 Å². The number of hydrogen-bond donors (Lipinski definition) is 2. The van der Waals surface area contributed by atoms with Crippen molar-refractivity contribution in [2.45, 2.75) is 26.2 Å². The number of benzene rings is 2. The lowest BCUT2D eigenvalue weighted by molar-refractivity contribution is -0.120. The van der Waals surface area contributed by atoms with Crippen LogP contribution < -0.4 is 15.8 Å². The quantitative estimate of drug-likeness (QED) is 0.826. The summed E-state index contributed by atoms with van der Waals surface area (Å²) in [6, 6.07) is 10.8. The summed E-state index contributed by atoms with van der Waals surface area (Å²) in [6.07, 6.45) is 0. The lowest BCUT2D eigenvalue weighted by Crippen LogP contribution is -2.34. The van der Waals surface area contributed by atoms with E-state index in [4.69, 9.17) is 22.1 Å². The van der Waals surface area contributed by atoms with Crippen molar-refractivity contribution in [3.63, 3.8) is 0 Å². The molecule has 0 atom stereocenters. The van der Waals surface area contributed by atoms with Crippen molar-refractivity contribution in [2.24, 2.45) is 0 Å².